The van der Waals surface area contributed by atoms with Crippen LogP contribution in [-0.4, -0.2) is 31.7 Å². The molecule has 94 valence electrons. The van der Waals surface area contributed by atoms with Crippen molar-refractivity contribution in [1.82, 2.24) is 9.55 Å². The van der Waals surface area contributed by atoms with Crippen molar-refractivity contribution < 1.29 is 14.2 Å². The molecule has 1 aromatic heterocycles. The van der Waals surface area contributed by atoms with Gasteiger partial charge in [-0.05, 0) is 6.92 Å². The Bertz CT molecular complexity index is 546. The lowest BCUT2D eigenvalue weighted by Gasteiger charge is -2.16. The van der Waals surface area contributed by atoms with Gasteiger partial charge in [0.25, 0.3) is 0 Å². The van der Waals surface area contributed by atoms with E-state index in [2.05, 4.69) is 33.1 Å². The summed E-state index contributed by atoms with van der Waals surface area (Å²) in [6.45, 7) is 1.67. The molecule has 0 radical (unpaired) electrons. The van der Waals surface area contributed by atoms with E-state index in [0.29, 0.717) is 0 Å². The SMILES string of the molecule is C[C@H]1O[C@@H](n2cc(F)c(=S)[nH]c2=O)[C@H](Br)[C@@H]1O. The normalized spacial score (nSPS) is 32.9. The van der Waals surface area contributed by atoms with Crippen molar-refractivity contribution in [3.05, 3.63) is 27.1 Å². The summed E-state index contributed by atoms with van der Waals surface area (Å²) in [4.78, 5) is 13.3. The summed E-state index contributed by atoms with van der Waals surface area (Å²) in [6, 6.07) is 0. The summed E-state index contributed by atoms with van der Waals surface area (Å²) in [5.74, 6) is -0.711. The van der Waals surface area contributed by atoms with Crippen LogP contribution >= 0.6 is 28.1 Å². The number of aliphatic hydroxyl groups is 1. The van der Waals surface area contributed by atoms with E-state index in [1.807, 2.05) is 0 Å². The second kappa shape index (κ2) is 4.60. The van der Waals surface area contributed by atoms with E-state index in [-0.39, 0.29) is 4.64 Å². The molecule has 1 aliphatic rings. The molecular formula is C9H10BrFN2O3S. The van der Waals surface area contributed by atoms with E-state index in [0.717, 1.165) is 10.8 Å². The molecular weight excluding hydrogens is 315 g/mol. The van der Waals surface area contributed by atoms with Crippen molar-refractivity contribution in [2.24, 2.45) is 0 Å². The molecule has 0 aromatic carbocycles. The molecule has 1 aliphatic heterocycles. The number of aromatic amines is 1. The number of H-pyrrole nitrogens is 1. The van der Waals surface area contributed by atoms with Crippen molar-refractivity contribution in [2.75, 3.05) is 0 Å². The number of nitrogens with zero attached hydrogens (tertiary/aromatic N) is 1. The zero-order valence-corrected chi connectivity index (χ0v) is 11.2. The third-order valence-corrected chi connectivity index (χ3v) is 3.92. The molecule has 2 rings (SSSR count). The van der Waals surface area contributed by atoms with E-state index < -0.39 is 34.8 Å². The zero-order valence-electron chi connectivity index (χ0n) is 8.76. The minimum Gasteiger partial charge on any atom is -0.389 e. The highest BCUT2D eigenvalue weighted by atomic mass is 79.9. The fourth-order valence-corrected chi connectivity index (χ4v) is 2.62. The number of ether oxygens (including phenoxy) is 1. The van der Waals surface area contributed by atoms with Gasteiger partial charge < -0.3 is 9.84 Å². The molecule has 0 bridgehead atoms. The summed E-state index contributed by atoms with van der Waals surface area (Å²) in [6.07, 6.45) is -1.00. The predicted octanol–water partition coefficient (Wildman–Crippen LogP) is 1.09. The Morgan fingerprint density at radius 3 is 2.88 bits per heavy atom. The summed E-state index contributed by atoms with van der Waals surface area (Å²) < 4.78 is 19.5. The van der Waals surface area contributed by atoms with E-state index in [4.69, 9.17) is 4.74 Å². The van der Waals surface area contributed by atoms with E-state index in [9.17, 15) is 14.3 Å². The summed E-state index contributed by atoms with van der Waals surface area (Å²) in [7, 11) is 0. The van der Waals surface area contributed by atoms with Gasteiger partial charge in [0, 0.05) is 0 Å². The first-order valence-corrected chi connectivity index (χ1v) is 6.23. The van der Waals surface area contributed by atoms with Crippen molar-refractivity contribution in [3.8, 4) is 0 Å². The quantitative estimate of drug-likeness (QED) is 0.599. The lowest BCUT2D eigenvalue weighted by molar-refractivity contribution is -0.00997. The molecule has 1 saturated heterocycles. The summed E-state index contributed by atoms with van der Waals surface area (Å²) >= 11 is 7.83. The van der Waals surface area contributed by atoms with Gasteiger partial charge in [-0.2, -0.15) is 0 Å². The standard InChI is InChI=1S/C9H10BrFN2O3S/c1-3-6(14)5(10)8(16-3)13-2-4(11)7(17)12-9(13)15/h2-3,5-6,8,14H,1H3,(H,12,15,17)/t3-,5-,6-,8-/m1/s1. The smallest absolute Gasteiger partial charge is 0.328 e. The fraction of sp³-hybridized carbons (Fsp3) is 0.556. The Kier molecular flexibility index (Phi) is 3.48. The summed E-state index contributed by atoms with van der Waals surface area (Å²) in [5.41, 5.74) is -0.577. The number of aromatic nitrogens is 2. The number of hydrogen-bond acceptors (Lipinski definition) is 4. The predicted molar refractivity (Wildman–Crippen MR) is 64.2 cm³/mol. The monoisotopic (exact) mass is 324 g/mol. The molecule has 0 amide bonds. The molecule has 0 saturated carbocycles. The molecule has 0 spiro atoms. The minimum atomic E-state index is -0.770. The summed E-state index contributed by atoms with van der Waals surface area (Å²) in [5, 5.41) is 9.70. The Morgan fingerprint density at radius 2 is 2.35 bits per heavy atom. The number of nitrogens with one attached hydrogen (secondary N) is 1. The van der Waals surface area contributed by atoms with Gasteiger partial charge in [-0.1, -0.05) is 28.1 Å². The van der Waals surface area contributed by atoms with Crippen molar-refractivity contribution >= 4 is 28.1 Å². The van der Waals surface area contributed by atoms with Crippen LogP contribution in [0.3, 0.4) is 0 Å². The number of halogens is 2. The third-order valence-electron chi connectivity index (χ3n) is 2.63. The van der Waals surface area contributed by atoms with Gasteiger partial charge in [-0.3, -0.25) is 9.55 Å². The van der Waals surface area contributed by atoms with E-state index in [1.165, 1.54) is 0 Å². The second-order valence-corrected chi connectivity index (χ2v) is 5.28. The average molecular weight is 325 g/mol. The van der Waals surface area contributed by atoms with Crippen molar-refractivity contribution in [3.63, 3.8) is 0 Å². The van der Waals surface area contributed by atoms with Crippen LogP contribution in [0.25, 0.3) is 0 Å². The first kappa shape index (κ1) is 12.9. The van der Waals surface area contributed by atoms with E-state index >= 15 is 0 Å². The highest BCUT2D eigenvalue weighted by molar-refractivity contribution is 9.09. The van der Waals surface area contributed by atoms with Crippen molar-refractivity contribution in [2.45, 2.75) is 30.2 Å². The van der Waals surface area contributed by atoms with Gasteiger partial charge in [-0.15, -0.1) is 0 Å². The fourth-order valence-electron chi connectivity index (χ4n) is 1.67. The molecule has 8 heteroatoms. The average Bonchev–Trinajstić information content (AvgIpc) is 2.51. The van der Waals surface area contributed by atoms with Gasteiger partial charge in [0.2, 0.25) is 0 Å². The maximum atomic E-state index is 13.3. The number of rotatable bonds is 1. The lowest BCUT2D eigenvalue weighted by Crippen LogP contribution is -2.32. The Morgan fingerprint density at radius 1 is 1.71 bits per heavy atom. The Labute approximate surface area is 109 Å². The maximum absolute atomic E-state index is 13.3. The molecule has 1 aromatic rings. The van der Waals surface area contributed by atoms with Gasteiger partial charge in [-0.25, -0.2) is 9.18 Å². The maximum Gasteiger partial charge on any atom is 0.328 e. The zero-order chi connectivity index (χ0) is 12.7. The number of aliphatic hydroxyl groups excluding tert-OH is 1. The van der Waals surface area contributed by atoms with Gasteiger partial charge in [0.15, 0.2) is 12.0 Å². The highest BCUT2D eigenvalue weighted by Crippen LogP contribution is 2.33. The third kappa shape index (κ3) is 2.22. The van der Waals surface area contributed by atoms with Crippen LogP contribution in [0, 0.1) is 10.5 Å². The van der Waals surface area contributed by atoms with Gasteiger partial charge >= 0.3 is 5.69 Å². The van der Waals surface area contributed by atoms with Crippen LogP contribution in [0.2, 0.25) is 0 Å². The molecule has 0 aliphatic carbocycles. The highest BCUT2D eigenvalue weighted by Gasteiger charge is 2.41. The first-order chi connectivity index (χ1) is 7.91. The van der Waals surface area contributed by atoms with Crippen LogP contribution in [0.5, 0.6) is 0 Å². The van der Waals surface area contributed by atoms with Gasteiger partial charge in [0.1, 0.15) is 4.64 Å². The molecule has 2 heterocycles. The second-order valence-electron chi connectivity index (χ2n) is 3.81. The van der Waals surface area contributed by atoms with Crippen LogP contribution < -0.4 is 5.69 Å². The number of hydrogen-bond donors (Lipinski definition) is 2. The molecule has 4 atom stereocenters. The Balaban J connectivity index is 2.46. The molecule has 17 heavy (non-hydrogen) atoms. The van der Waals surface area contributed by atoms with Gasteiger partial charge in [0.05, 0.1) is 23.2 Å². The molecule has 1 fully saturated rings. The van der Waals surface area contributed by atoms with Crippen LogP contribution in [0.4, 0.5) is 4.39 Å². The van der Waals surface area contributed by atoms with Crippen molar-refractivity contribution in [1.29, 1.82) is 0 Å². The van der Waals surface area contributed by atoms with Crippen LogP contribution in [0.15, 0.2) is 11.0 Å². The number of alkyl halides is 1. The molecule has 0 unspecified atom stereocenters. The molecule has 5 nitrogen and oxygen atoms in total. The van der Waals surface area contributed by atoms with Crippen LogP contribution in [-0.2, 0) is 4.74 Å². The Hall–Kier alpha value is -0.570. The first-order valence-electron chi connectivity index (χ1n) is 4.90. The lowest BCUT2D eigenvalue weighted by atomic mass is 10.2. The molecule has 2 N–H and O–H groups in total. The van der Waals surface area contributed by atoms with Crippen LogP contribution in [0.1, 0.15) is 13.2 Å². The topological polar surface area (TPSA) is 67.2 Å². The van der Waals surface area contributed by atoms with E-state index in [1.54, 1.807) is 6.92 Å². The minimum absolute atomic E-state index is 0.246. The largest absolute Gasteiger partial charge is 0.389 e.